The molecule has 1 aliphatic rings. The van der Waals surface area contributed by atoms with Gasteiger partial charge in [0.05, 0.1) is 0 Å². The molecule has 4 nitrogen and oxygen atoms in total. The average molecular weight is 263 g/mol. The zero-order valence-electron chi connectivity index (χ0n) is 12.0. The van der Waals surface area contributed by atoms with Gasteiger partial charge >= 0.3 is 0 Å². The van der Waals surface area contributed by atoms with Crippen molar-refractivity contribution >= 4 is 5.91 Å². The van der Waals surface area contributed by atoms with Gasteiger partial charge in [-0.05, 0) is 23.1 Å². The molecule has 0 spiro atoms. The van der Waals surface area contributed by atoms with Gasteiger partial charge < -0.3 is 14.4 Å². The molecule has 0 saturated heterocycles. The van der Waals surface area contributed by atoms with E-state index in [2.05, 4.69) is 20.8 Å². The monoisotopic (exact) mass is 263 g/mol. The van der Waals surface area contributed by atoms with Gasteiger partial charge in [0.25, 0.3) is 0 Å². The Kier molecular flexibility index (Phi) is 3.69. The summed E-state index contributed by atoms with van der Waals surface area (Å²) in [6.07, 6.45) is 0.550. The van der Waals surface area contributed by atoms with Crippen molar-refractivity contribution in [1.29, 1.82) is 0 Å². The molecular weight excluding hydrogens is 242 g/mol. The van der Waals surface area contributed by atoms with Crippen LogP contribution in [0.1, 0.15) is 32.8 Å². The Morgan fingerprint density at radius 3 is 2.63 bits per heavy atom. The molecule has 104 valence electrons. The van der Waals surface area contributed by atoms with Crippen molar-refractivity contribution in [1.82, 2.24) is 4.90 Å². The molecular formula is C15H21NO3. The Hall–Kier alpha value is -1.71. The highest BCUT2D eigenvalue weighted by Gasteiger charge is 2.20. The highest BCUT2D eigenvalue weighted by molar-refractivity contribution is 5.76. The van der Waals surface area contributed by atoms with Crippen molar-refractivity contribution in [3.8, 4) is 11.5 Å². The van der Waals surface area contributed by atoms with Gasteiger partial charge in [0, 0.05) is 20.0 Å². The number of ether oxygens (including phenoxy) is 2. The summed E-state index contributed by atoms with van der Waals surface area (Å²) >= 11 is 0. The number of hydrogen-bond acceptors (Lipinski definition) is 3. The fourth-order valence-corrected chi connectivity index (χ4v) is 1.99. The lowest BCUT2D eigenvalue weighted by Gasteiger charge is -2.23. The first kappa shape index (κ1) is 13.7. The van der Waals surface area contributed by atoms with Crippen molar-refractivity contribution in [3.05, 3.63) is 23.8 Å². The summed E-state index contributed by atoms with van der Waals surface area (Å²) in [7, 11) is 1.83. The third-order valence-electron chi connectivity index (χ3n) is 2.96. The summed E-state index contributed by atoms with van der Waals surface area (Å²) in [5.74, 6) is 1.69. The average Bonchev–Trinajstić information content (AvgIpc) is 2.73. The fourth-order valence-electron chi connectivity index (χ4n) is 1.99. The van der Waals surface area contributed by atoms with E-state index in [1.54, 1.807) is 4.90 Å². The Balaban J connectivity index is 1.99. The predicted molar refractivity (Wildman–Crippen MR) is 73.1 cm³/mol. The van der Waals surface area contributed by atoms with E-state index in [9.17, 15) is 4.79 Å². The summed E-state index contributed by atoms with van der Waals surface area (Å²) in [5.41, 5.74) is 1.06. The van der Waals surface area contributed by atoms with Crippen LogP contribution in [0.3, 0.4) is 0 Å². The minimum Gasteiger partial charge on any atom is -0.454 e. The van der Waals surface area contributed by atoms with Gasteiger partial charge in [0.1, 0.15) is 0 Å². The summed E-state index contributed by atoms with van der Waals surface area (Å²) in [5, 5.41) is 0. The van der Waals surface area contributed by atoms with E-state index in [1.165, 1.54) is 0 Å². The smallest absolute Gasteiger partial charge is 0.231 e. The molecule has 4 heteroatoms. The highest BCUT2D eigenvalue weighted by Crippen LogP contribution is 2.32. The molecule has 19 heavy (non-hydrogen) atoms. The van der Waals surface area contributed by atoms with Crippen LogP contribution >= 0.6 is 0 Å². The fraction of sp³-hybridized carbons (Fsp3) is 0.533. The molecule has 0 atom stereocenters. The van der Waals surface area contributed by atoms with Gasteiger partial charge in [-0.1, -0.05) is 26.8 Å². The van der Waals surface area contributed by atoms with Crippen molar-refractivity contribution in [2.45, 2.75) is 33.7 Å². The normalized spacial score (nSPS) is 13.5. The predicted octanol–water partition coefficient (Wildman–Crippen LogP) is 2.81. The van der Waals surface area contributed by atoms with Crippen LogP contribution in [0.4, 0.5) is 0 Å². The van der Waals surface area contributed by atoms with Gasteiger partial charge in [-0.15, -0.1) is 0 Å². The minimum absolute atomic E-state index is 0.0141. The first-order valence-corrected chi connectivity index (χ1v) is 6.48. The maximum Gasteiger partial charge on any atom is 0.231 e. The topological polar surface area (TPSA) is 38.8 Å². The number of carbonyl (C=O) groups excluding carboxylic acids is 1. The molecule has 0 aliphatic carbocycles. The van der Waals surface area contributed by atoms with E-state index in [0.29, 0.717) is 13.0 Å². The quantitative estimate of drug-likeness (QED) is 0.841. The number of fused-ring (bicyclic) bond motifs is 1. The van der Waals surface area contributed by atoms with Crippen LogP contribution in [0.5, 0.6) is 11.5 Å². The van der Waals surface area contributed by atoms with Crippen molar-refractivity contribution < 1.29 is 14.3 Å². The molecule has 0 bridgehead atoms. The molecule has 0 saturated carbocycles. The van der Waals surface area contributed by atoms with Gasteiger partial charge in [-0.3, -0.25) is 4.79 Å². The number of hydrogen-bond donors (Lipinski definition) is 0. The molecule has 0 unspecified atom stereocenters. The van der Waals surface area contributed by atoms with E-state index in [4.69, 9.17) is 9.47 Å². The van der Waals surface area contributed by atoms with E-state index in [-0.39, 0.29) is 18.1 Å². The first-order chi connectivity index (χ1) is 8.85. The van der Waals surface area contributed by atoms with Crippen LogP contribution in [0.2, 0.25) is 0 Å². The third kappa shape index (κ3) is 3.63. The Labute approximate surface area is 114 Å². The van der Waals surface area contributed by atoms with Gasteiger partial charge in [-0.2, -0.15) is 0 Å². The molecule has 0 radical (unpaired) electrons. The molecule has 0 aromatic heterocycles. The second-order valence-electron chi connectivity index (χ2n) is 6.17. The van der Waals surface area contributed by atoms with E-state index in [0.717, 1.165) is 17.1 Å². The lowest BCUT2D eigenvalue weighted by Crippen LogP contribution is -2.29. The number of rotatable bonds is 3. The molecule has 1 aliphatic heterocycles. The molecule has 1 aromatic carbocycles. The summed E-state index contributed by atoms with van der Waals surface area (Å²) < 4.78 is 10.6. The van der Waals surface area contributed by atoms with E-state index < -0.39 is 0 Å². The molecule has 2 rings (SSSR count). The minimum atomic E-state index is 0.0141. The third-order valence-corrected chi connectivity index (χ3v) is 2.96. The van der Waals surface area contributed by atoms with E-state index >= 15 is 0 Å². The van der Waals surface area contributed by atoms with Gasteiger partial charge in [0.15, 0.2) is 11.5 Å². The maximum atomic E-state index is 12.1. The second kappa shape index (κ2) is 5.11. The lowest BCUT2D eigenvalue weighted by atomic mass is 9.91. The second-order valence-corrected chi connectivity index (χ2v) is 6.17. The largest absolute Gasteiger partial charge is 0.454 e. The van der Waals surface area contributed by atoms with Gasteiger partial charge in [-0.25, -0.2) is 0 Å². The first-order valence-electron chi connectivity index (χ1n) is 6.48. The number of amides is 1. The van der Waals surface area contributed by atoms with Crippen LogP contribution < -0.4 is 9.47 Å². The van der Waals surface area contributed by atoms with Crippen LogP contribution in [0.25, 0.3) is 0 Å². The van der Waals surface area contributed by atoms with Gasteiger partial charge in [0.2, 0.25) is 12.7 Å². The number of nitrogens with zero attached hydrogens (tertiary/aromatic N) is 1. The van der Waals surface area contributed by atoms with E-state index in [1.807, 2.05) is 25.2 Å². The van der Waals surface area contributed by atoms with Crippen LogP contribution in [0.15, 0.2) is 18.2 Å². The summed E-state index contributed by atoms with van der Waals surface area (Å²) in [6.45, 7) is 7.07. The Morgan fingerprint density at radius 1 is 1.26 bits per heavy atom. The van der Waals surface area contributed by atoms with Crippen molar-refractivity contribution in [3.63, 3.8) is 0 Å². The Morgan fingerprint density at radius 2 is 1.95 bits per heavy atom. The lowest BCUT2D eigenvalue weighted by molar-refractivity contribution is -0.132. The molecule has 0 N–H and O–H groups in total. The number of carbonyl (C=O) groups is 1. The number of benzene rings is 1. The zero-order chi connectivity index (χ0) is 14.0. The highest BCUT2D eigenvalue weighted by atomic mass is 16.7. The zero-order valence-corrected chi connectivity index (χ0v) is 12.0. The van der Waals surface area contributed by atoms with Crippen LogP contribution in [-0.4, -0.2) is 24.6 Å². The molecule has 1 heterocycles. The SMILES string of the molecule is CN(Cc1ccc2c(c1)OCO2)C(=O)CC(C)(C)C. The summed E-state index contributed by atoms with van der Waals surface area (Å²) in [4.78, 5) is 13.8. The van der Waals surface area contributed by atoms with Crippen LogP contribution in [0, 0.1) is 5.41 Å². The summed E-state index contributed by atoms with van der Waals surface area (Å²) in [6, 6.07) is 5.79. The maximum absolute atomic E-state index is 12.1. The van der Waals surface area contributed by atoms with Crippen molar-refractivity contribution in [2.24, 2.45) is 5.41 Å². The molecule has 1 amide bonds. The van der Waals surface area contributed by atoms with Crippen LogP contribution in [-0.2, 0) is 11.3 Å². The molecule has 1 aromatic rings. The Bertz CT molecular complexity index is 477. The standard InChI is InChI=1S/C15H21NO3/c1-15(2,3)8-14(17)16(4)9-11-5-6-12-13(7-11)19-10-18-12/h5-7H,8-10H2,1-4H3. The van der Waals surface area contributed by atoms with Crippen molar-refractivity contribution in [2.75, 3.05) is 13.8 Å². The molecule has 0 fully saturated rings.